The van der Waals surface area contributed by atoms with Gasteiger partial charge in [0.05, 0.1) is 25.2 Å². The summed E-state index contributed by atoms with van der Waals surface area (Å²) in [7, 11) is 1.33. The lowest BCUT2D eigenvalue weighted by Gasteiger charge is -2.13. The van der Waals surface area contributed by atoms with Crippen molar-refractivity contribution in [1.82, 2.24) is 5.32 Å². The fourth-order valence-electron chi connectivity index (χ4n) is 2.50. The second-order valence-corrected chi connectivity index (χ2v) is 5.80. The van der Waals surface area contributed by atoms with Crippen LogP contribution in [0, 0.1) is 10.1 Å². The van der Waals surface area contributed by atoms with Gasteiger partial charge in [0.1, 0.15) is 5.75 Å². The van der Waals surface area contributed by atoms with E-state index < -0.39 is 4.92 Å². The van der Waals surface area contributed by atoms with E-state index in [2.05, 4.69) is 5.32 Å². The highest BCUT2D eigenvalue weighted by Gasteiger charge is 2.15. The van der Waals surface area contributed by atoms with Crippen LogP contribution in [0.25, 0.3) is 0 Å². The van der Waals surface area contributed by atoms with Gasteiger partial charge in [-0.25, -0.2) is 0 Å². The van der Waals surface area contributed by atoms with E-state index >= 15 is 0 Å². The molecule has 9 nitrogen and oxygen atoms in total. The molecule has 2 aromatic carbocycles. The van der Waals surface area contributed by atoms with E-state index in [-0.39, 0.29) is 30.5 Å². The summed E-state index contributed by atoms with van der Waals surface area (Å²) in [6.07, 6.45) is 0. The summed E-state index contributed by atoms with van der Waals surface area (Å²) in [5, 5.41) is 13.7. The number of rotatable bonds is 11. The Bertz CT molecular complexity index is 855. The average Bonchev–Trinajstić information content (AvgIpc) is 2.72. The lowest BCUT2D eigenvalue weighted by Crippen LogP contribution is -2.28. The van der Waals surface area contributed by atoms with Crippen molar-refractivity contribution in [3.8, 4) is 23.0 Å². The molecule has 9 heteroatoms. The molecule has 0 aliphatic rings. The monoisotopic (exact) mass is 404 g/mol. The van der Waals surface area contributed by atoms with Crippen LogP contribution in [0.1, 0.15) is 19.4 Å². The molecule has 0 heterocycles. The van der Waals surface area contributed by atoms with Gasteiger partial charge in [0, 0.05) is 18.7 Å². The van der Waals surface area contributed by atoms with Crippen LogP contribution in [0.3, 0.4) is 0 Å². The molecular formula is C20H24N2O7. The van der Waals surface area contributed by atoms with Crippen LogP contribution >= 0.6 is 0 Å². The summed E-state index contributed by atoms with van der Waals surface area (Å²) in [4.78, 5) is 22.4. The summed E-state index contributed by atoms with van der Waals surface area (Å²) in [5.74, 6) is 1.29. The van der Waals surface area contributed by atoms with Crippen LogP contribution in [0.4, 0.5) is 5.69 Å². The predicted octanol–water partition coefficient (Wildman–Crippen LogP) is 3.10. The molecule has 2 aromatic rings. The molecular weight excluding hydrogens is 380 g/mol. The third-order valence-corrected chi connectivity index (χ3v) is 3.82. The van der Waals surface area contributed by atoms with Gasteiger partial charge in [-0.15, -0.1) is 0 Å². The largest absolute Gasteiger partial charge is 0.490 e. The van der Waals surface area contributed by atoms with E-state index in [1.807, 2.05) is 26.0 Å². The van der Waals surface area contributed by atoms with Gasteiger partial charge in [-0.05, 0) is 37.6 Å². The van der Waals surface area contributed by atoms with Gasteiger partial charge in [-0.3, -0.25) is 14.9 Å². The quantitative estimate of drug-likeness (QED) is 0.453. The smallest absolute Gasteiger partial charge is 0.311 e. The molecule has 0 aliphatic carbocycles. The van der Waals surface area contributed by atoms with Gasteiger partial charge in [0.25, 0.3) is 5.91 Å². The minimum absolute atomic E-state index is 0.0609. The van der Waals surface area contributed by atoms with E-state index in [4.69, 9.17) is 18.9 Å². The van der Waals surface area contributed by atoms with Crippen molar-refractivity contribution in [2.24, 2.45) is 0 Å². The number of nitrogens with zero attached hydrogens (tertiary/aromatic N) is 1. The average molecular weight is 404 g/mol. The van der Waals surface area contributed by atoms with Gasteiger partial charge in [-0.1, -0.05) is 6.07 Å². The molecule has 0 spiro atoms. The first-order valence-corrected chi connectivity index (χ1v) is 9.08. The summed E-state index contributed by atoms with van der Waals surface area (Å²) in [5.41, 5.74) is 0.673. The summed E-state index contributed by atoms with van der Waals surface area (Å²) < 4.78 is 21.4. The number of nitro groups is 1. The molecule has 156 valence electrons. The first-order valence-electron chi connectivity index (χ1n) is 9.08. The first kappa shape index (κ1) is 21.8. The number of hydrogen-bond donors (Lipinski definition) is 1. The van der Waals surface area contributed by atoms with Crippen molar-refractivity contribution in [1.29, 1.82) is 0 Å². The Balaban J connectivity index is 1.91. The molecule has 0 aromatic heterocycles. The van der Waals surface area contributed by atoms with Crippen LogP contribution in [0.5, 0.6) is 23.0 Å². The van der Waals surface area contributed by atoms with Crippen molar-refractivity contribution in [3.05, 3.63) is 52.1 Å². The van der Waals surface area contributed by atoms with E-state index in [0.29, 0.717) is 30.5 Å². The molecule has 1 amide bonds. The Hall–Kier alpha value is -3.49. The minimum Gasteiger partial charge on any atom is -0.490 e. The summed E-state index contributed by atoms with van der Waals surface area (Å²) in [6.45, 7) is 4.86. The highest BCUT2D eigenvalue weighted by Crippen LogP contribution is 2.31. The van der Waals surface area contributed by atoms with E-state index in [1.165, 1.54) is 25.3 Å². The van der Waals surface area contributed by atoms with Gasteiger partial charge >= 0.3 is 5.69 Å². The highest BCUT2D eigenvalue weighted by molar-refractivity contribution is 5.77. The fourth-order valence-corrected chi connectivity index (χ4v) is 2.50. The topological polar surface area (TPSA) is 109 Å². The molecule has 0 saturated heterocycles. The number of benzene rings is 2. The third kappa shape index (κ3) is 6.27. The molecule has 0 radical (unpaired) electrons. The third-order valence-electron chi connectivity index (χ3n) is 3.82. The Kier molecular flexibility index (Phi) is 8.08. The van der Waals surface area contributed by atoms with Crippen LogP contribution in [-0.4, -0.2) is 37.8 Å². The van der Waals surface area contributed by atoms with Crippen LogP contribution < -0.4 is 24.3 Å². The number of amides is 1. The molecule has 0 aliphatic heterocycles. The molecule has 0 fully saturated rings. The Morgan fingerprint density at radius 3 is 2.38 bits per heavy atom. The normalized spacial score (nSPS) is 10.2. The second-order valence-electron chi connectivity index (χ2n) is 5.80. The Morgan fingerprint density at radius 2 is 1.72 bits per heavy atom. The maximum Gasteiger partial charge on any atom is 0.311 e. The maximum absolute atomic E-state index is 12.1. The van der Waals surface area contributed by atoms with Gasteiger partial charge in [0.15, 0.2) is 18.1 Å². The molecule has 1 N–H and O–H groups in total. The Morgan fingerprint density at radius 1 is 1.00 bits per heavy atom. The molecule has 0 bridgehead atoms. The van der Waals surface area contributed by atoms with Gasteiger partial charge < -0.3 is 24.3 Å². The minimum atomic E-state index is -0.553. The van der Waals surface area contributed by atoms with Crippen LogP contribution in [0.15, 0.2) is 36.4 Å². The SMILES string of the molecule is CCOc1ccc(CNC(=O)COc2ccc([N+](=O)[O-])c(OC)c2)cc1OCC. The van der Waals surface area contributed by atoms with Crippen molar-refractivity contribution in [2.75, 3.05) is 26.9 Å². The maximum atomic E-state index is 12.1. The van der Waals surface area contributed by atoms with Gasteiger partial charge in [0.2, 0.25) is 5.75 Å². The van der Waals surface area contributed by atoms with Crippen molar-refractivity contribution < 1.29 is 28.7 Å². The van der Waals surface area contributed by atoms with E-state index in [1.54, 1.807) is 6.07 Å². The summed E-state index contributed by atoms with van der Waals surface area (Å²) in [6, 6.07) is 9.50. The molecule has 0 atom stereocenters. The fraction of sp³-hybridized carbons (Fsp3) is 0.350. The predicted molar refractivity (Wildman–Crippen MR) is 106 cm³/mol. The lowest BCUT2D eigenvalue weighted by molar-refractivity contribution is -0.385. The number of hydrogen-bond acceptors (Lipinski definition) is 7. The zero-order valence-electron chi connectivity index (χ0n) is 16.6. The number of carbonyl (C=O) groups excluding carboxylic acids is 1. The lowest BCUT2D eigenvalue weighted by atomic mass is 10.2. The zero-order valence-corrected chi connectivity index (χ0v) is 16.6. The van der Waals surface area contributed by atoms with Gasteiger partial charge in [-0.2, -0.15) is 0 Å². The molecule has 0 unspecified atom stereocenters. The standard InChI is InChI=1S/C20H24N2O7/c1-4-27-17-9-6-14(10-19(17)28-5-2)12-21-20(23)13-29-15-7-8-16(22(24)25)18(11-15)26-3/h6-11H,4-5,12-13H2,1-3H3,(H,21,23). The number of methoxy groups -OCH3 is 1. The number of carbonyl (C=O) groups is 1. The van der Waals surface area contributed by atoms with E-state index in [9.17, 15) is 14.9 Å². The van der Waals surface area contributed by atoms with Crippen molar-refractivity contribution in [2.45, 2.75) is 20.4 Å². The summed E-state index contributed by atoms with van der Waals surface area (Å²) >= 11 is 0. The first-order chi connectivity index (χ1) is 14.0. The van der Waals surface area contributed by atoms with E-state index in [0.717, 1.165) is 5.56 Å². The molecule has 0 saturated carbocycles. The molecule has 29 heavy (non-hydrogen) atoms. The second kappa shape index (κ2) is 10.7. The molecule has 2 rings (SSSR count). The van der Waals surface area contributed by atoms with Crippen molar-refractivity contribution in [3.63, 3.8) is 0 Å². The number of ether oxygens (including phenoxy) is 4. The number of nitrogens with one attached hydrogen (secondary N) is 1. The zero-order chi connectivity index (χ0) is 21.2. The van der Waals surface area contributed by atoms with Crippen LogP contribution in [0.2, 0.25) is 0 Å². The van der Waals surface area contributed by atoms with Crippen molar-refractivity contribution >= 4 is 11.6 Å². The van der Waals surface area contributed by atoms with Crippen LogP contribution in [-0.2, 0) is 11.3 Å². The Labute approximate surface area is 168 Å². The highest BCUT2D eigenvalue weighted by atomic mass is 16.6. The number of nitro benzene ring substituents is 1.